The van der Waals surface area contributed by atoms with Crippen molar-refractivity contribution in [1.29, 1.82) is 0 Å². The van der Waals surface area contributed by atoms with Crippen molar-refractivity contribution in [2.24, 2.45) is 0 Å². The lowest BCUT2D eigenvalue weighted by atomic mass is 10.2. The topological polar surface area (TPSA) is 90.7 Å². The number of nitro groups is 1. The van der Waals surface area contributed by atoms with Crippen LogP contribution in [0.4, 0.5) is 24.5 Å². The third-order valence-corrected chi connectivity index (χ3v) is 3.60. The Morgan fingerprint density at radius 2 is 1.96 bits per heavy atom. The highest BCUT2D eigenvalue weighted by Crippen LogP contribution is 2.36. The second-order valence-electron chi connectivity index (χ2n) is 5.12. The SMILES string of the molecule is COc1cc(OCC(=O)Nc2ccc(Cl)c(C(F)(F)F)c2)ccc1[N+](=O)[O-]. The van der Waals surface area contributed by atoms with Crippen LogP contribution in [0.25, 0.3) is 0 Å². The molecule has 0 radical (unpaired) electrons. The maximum Gasteiger partial charge on any atom is 0.417 e. The number of anilines is 1. The molecule has 0 aliphatic heterocycles. The Morgan fingerprint density at radius 1 is 1.26 bits per heavy atom. The van der Waals surface area contributed by atoms with Gasteiger partial charge in [-0.3, -0.25) is 14.9 Å². The van der Waals surface area contributed by atoms with Crippen molar-refractivity contribution >= 4 is 28.9 Å². The summed E-state index contributed by atoms with van der Waals surface area (Å²) in [6, 6.07) is 6.55. The van der Waals surface area contributed by atoms with Crippen LogP contribution in [-0.4, -0.2) is 24.5 Å². The summed E-state index contributed by atoms with van der Waals surface area (Å²) in [5.74, 6) is -0.687. The van der Waals surface area contributed by atoms with Crippen molar-refractivity contribution in [2.45, 2.75) is 6.18 Å². The summed E-state index contributed by atoms with van der Waals surface area (Å²) >= 11 is 5.50. The fourth-order valence-electron chi connectivity index (χ4n) is 2.06. The largest absolute Gasteiger partial charge is 0.490 e. The Morgan fingerprint density at radius 3 is 2.56 bits per heavy atom. The first kappa shape index (κ1) is 20.3. The van der Waals surface area contributed by atoms with Gasteiger partial charge in [-0.05, 0) is 24.3 Å². The van der Waals surface area contributed by atoms with Gasteiger partial charge in [0.05, 0.1) is 22.6 Å². The zero-order chi connectivity index (χ0) is 20.2. The molecular weight excluding hydrogens is 393 g/mol. The highest BCUT2D eigenvalue weighted by molar-refractivity contribution is 6.31. The van der Waals surface area contributed by atoms with Gasteiger partial charge in [0.1, 0.15) is 5.75 Å². The minimum atomic E-state index is -4.66. The number of benzene rings is 2. The quantitative estimate of drug-likeness (QED) is 0.572. The van der Waals surface area contributed by atoms with Crippen LogP contribution in [0.5, 0.6) is 11.5 Å². The van der Waals surface area contributed by atoms with Gasteiger partial charge in [-0.25, -0.2) is 0 Å². The molecule has 0 saturated carbocycles. The Bertz CT molecular complexity index is 874. The number of nitro benzene ring substituents is 1. The molecule has 11 heteroatoms. The minimum Gasteiger partial charge on any atom is -0.490 e. The van der Waals surface area contributed by atoms with Gasteiger partial charge in [-0.1, -0.05) is 11.6 Å². The van der Waals surface area contributed by atoms with E-state index in [1.54, 1.807) is 0 Å². The van der Waals surface area contributed by atoms with Crippen LogP contribution in [0.15, 0.2) is 36.4 Å². The van der Waals surface area contributed by atoms with Gasteiger partial charge in [0.15, 0.2) is 6.61 Å². The standard InChI is InChI=1S/C16H12ClF3N2O5/c1-26-14-7-10(3-5-13(14)22(24)25)27-8-15(23)21-9-2-4-12(17)11(6-9)16(18,19)20/h2-7H,8H2,1H3,(H,21,23). The zero-order valence-corrected chi connectivity index (χ0v) is 14.4. The average molecular weight is 405 g/mol. The fourth-order valence-corrected chi connectivity index (χ4v) is 2.29. The maximum atomic E-state index is 12.8. The van der Waals surface area contributed by atoms with E-state index in [-0.39, 0.29) is 22.9 Å². The lowest BCUT2D eigenvalue weighted by molar-refractivity contribution is -0.385. The first-order valence-electron chi connectivity index (χ1n) is 7.23. The van der Waals surface area contributed by atoms with Crippen molar-refractivity contribution in [3.8, 4) is 11.5 Å². The fraction of sp³-hybridized carbons (Fsp3) is 0.188. The van der Waals surface area contributed by atoms with Crippen LogP contribution >= 0.6 is 11.6 Å². The Kier molecular flexibility index (Phi) is 6.11. The Balaban J connectivity index is 2.04. The minimum absolute atomic E-state index is 0.0644. The summed E-state index contributed by atoms with van der Waals surface area (Å²) in [5, 5.41) is 12.6. The van der Waals surface area contributed by atoms with Gasteiger partial charge in [-0.15, -0.1) is 0 Å². The Labute approximate surface area is 155 Å². The van der Waals surface area contributed by atoms with Gasteiger partial charge in [0.25, 0.3) is 5.91 Å². The van der Waals surface area contributed by atoms with Crippen molar-refractivity contribution in [2.75, 3.05) is 19.0 Å². The number of ether oxygens (including phenoxy) is 2. The molecule has 2 rings (SSSR count). The van der Waals surface area contributed by atoms with Crippen LogP contribution in [0.1, 0.15) is 5.56 Å². The van der Waals surface area contributed by atoms with Crippen LogP contribution in [0.3, 0.4) is 0 Å². The van der Waals surface area contributed by atoms with Crippen molar-refractivity contribution in [1.82, 2.24) is 0 Å². The molecule has 144 valence electrons. The number of hydrogen-bond donors (Lipinski definition) is 1. The van der Waals surface area contributed by atoms with Gasteiger partial charge >= 0.3 is 11.9 Å². The normalized spacial score (nSPS) is 11.0. The van der Waals surface area contributed by atoms with Crippen molar-refractivity contribution in [3.63, 3.8) is 0 Å². The van der Waals surface area contributed by atoms with Gasteiger partial charge < -0.3 is 14.8 Å². The summed E-state index contributed by atoms with van der Waals surface area (Å²) in [7, 11) is 1.23. The number of alkyl halides is 3. The summed E-state index contributed by atoms with van der Waals surface area (Å²) in [5.41, 5.74) is -1.47. The van der Waals surface area contributed by atoms with Crippen molar-refractivity contribution in [3.05, 3.63) is 57.1 Å². The molecule has 0 unspecified atom stereocenters. The second kappa shape index (κ2) is 8.12. The summed E-state index contributed by atoms with van der Waals surface area (Å²) in [4.78, 5) is 22.0. The number of carbonyl (C=O) groups is 1. The predicted molar refractivity (Wildman–Crippen MR) is 90.2 cm³/mol. The van der Waals surface area contributed by atoms with E-state index in [9.17, 15) is 28.1 Å². The lowest BCUT2D eigenvalue weighted by Crippen LogP contribution is -2.20. The molecule has 0 saturated heterocycles. The summed E-state index contributed by atoms with van der Waals surface area (Å²) < 4.78 is 48.5. The number of nitrogens with one attached hydrogen (secondary N) is 1. The van der Waals surface area contributed by atoms with Gasteiger partial charge in [0.2, 0.25) is 5.75 Å². The Hall–Kier alpha value is -3.01. The predicted octanol–water partition coefficient (Wildman–Crippen LogP) is 4.29. The second-order valence-corrected chi connectivity index (χ2v) is 5.53. The van der Waals surface area contributed by atoms with Crippen LogP contribution in [-0.2, 0) is 11.0 Å². The monoisotopic (exact) mass is 404 g/mol. The van der Waals surface area contributed by atoms with Crippen LogP contribution in [0.2, 0.25) is 5.02 Å². The van der Waals surface area contributed by atoms with Crippen LogP contribution < -0.4 is 14.8 Å². The molecule has 0 heterocycles. The molecule has 0 spiro atoms. The smallest absolute Gasteiger partial charge is 0.417 e. The number of carbonyl (C=O) groups excluding carboxylic acids is 1. The average Bonchev–Trinajstić information content (AvgIpc) is 2.60. The number of nitrogens with zero attached hydrogens (tertiary/aromatic N) is 1. The van der Waals surface area contributed by atoms with E-state index in [0.29, 0.717) is 6.07 Å². The van der Waals surface area contributed by atoms with Gasteiger partial charge in [-0.2, -0.15) is 13.2 Å². The molecule has 2 aromatic rings. The van der Waals surface area contributed by atoms with E-state index >= 15 is 0 Å². The molecule has 0 aliphatic carbocycles. The molecule has 0 fully saturated rings. The number of halogens is 4. The molecule has 1 amide bonds. The number of methoxy groups -OCH3 is 1. The van der Waals surface area contributed by atoms with E-state index in [1.165, 1.54) is 25.3 Å². The maximum absolute atomic E-state index is 12.8. The van der Waals surface area contributed by atoms with E-state index in [2.05, 4.69) is 5.32 Å². The molecule has 27 heavy (non-hydrogen) atoms. The number of hydrogen-bond acceptors (Lipinski definition) is 5. The first-order valence-corrected chi connectivity index (χ1v) is 7.61. The first-order chi connectivity index (χ1) is 12.6. The molecule has 0 aliphatic rings. The van der Waals surface area contributed by atoms with Crippen LogP contribution in [0, 0.1) is 10.1 Å². The van der Waals surface area contributed by atoms with E-state index < -0.39 is 34.2 Å². The molecule has 0 aromatic heterocycles. The van der Waals surface area contributed by atoms with E-state index in [1.807, 2.05) is 0 Å². The number of amides is 1. The molecule has 7 nitrogen and oxygen atoms in total. The lowest BCUT2D eigenvalue weighted by Gasteiger charge is -2.12. The highest BCUT2D eigenvalue weighted by Gasteiger charge is 2.33. The van der Waals surface area contributed by atoms with E-state index in [4.69, 9.17) is 21.1 Å². The van der Waals surface area contributed by atoms with Crippen molar-refractivity contribution < 1.29 is 32.4 Å². The highest BCUT2D eigenvalue weighted by atomic mass is 35.5. The van der Waals surface area contributed by atoms with E-state index in [0.717, 1.165) is 12.1 Å². The third-order valence-electron chi connectivity index (χ3n) is 3.27. The summed E-state index contributed by atoms with van der Waals surface area (Å²) in [6.07, 6.45) is -4.66. The molecule has 2 aromatic carbocycles. The molecular formula is C16H12ClF3N2O5. The zero-order valence-electron chi connectivity index (χ0n) is 13.7. The van der Waals surface area contributed by atoms with Gasteiger partial charge in [0, 0.05) is 17.8 Å². The molecule has 1 N–H and O–H groups in total. The third kappa shape index (κ3) is 5.23. The molecule has 0 atom stereocenters. The molecule has 0 bridgehead atoms. The number of rotatable bonds is 6. The summed E-state index contributed by atoms with van der Waals surface area (Å²) in [6.45, 7) is -0.537.